The third-order valence-electron chi connectivity index (χ3n) is 3.26. The highest BCUT2D eigenvalue weighted by molar-refractivity contribution is 5.91. The monoisotopic (exact) mass is 272 g/mol. The van der Waals surface area contributed by atoms with E-state index < -0.39 is 0 Å². The van der Waals surface area contributed by atoms with Crippen LogP contribution in [0.2, 0.25) is 0 Å². The Hall–Kier alpha value is -2.07. The predicted octanol–water partition coefficient (Wildman–Crippen LogP) is 2.44. The Labute approximate surface area is 119 Å². The number of benzene rings is 1. The molecule has 1 heterocycles. The lowest BCUT2D eigenvalue weighted by molar-refractivity contribution is 0.0732. The van der Waals surface area contributed by atoms with Crippen molar-refractivity contribution >= 4 is 5.91 Å². The Kier molecular flexibility index (Phi) is 4.96. The molecule has 0 aliphatic heterocycles. The Balaban J connectivity index is 1.98. The summed E-state index contributed by atoms with van der Waals surface area (Å²) in [5, 5.41) is 0. The maximum absolute atomic E-state index is 12.3. The average molecular weight is 272 g/mol. The van der Waals surface area contributed by atoms with Gasteiger partial charge in [-0.3, -0.25) is 4.79 Å². The SMILES string of the molecule is CCN(CCc1ccccc1)C(=O)c1ccc(CN)o1. The van der Waals surface area contributed by atoms with Crippen molar-refractivity contribution in [3.8, 4) is 0 Å². The summed E-state index contributed by atoms with van der Waals surface area (Å²) in [4.78, 5) is 14.1. The molecule has 0 unspecified atom stereocenters. The summed E-state index contributed by atoms with van der Waals surface area (Å²) in [6.45, 7) is 3.61. The fourth-order valence-corrected chi connectivity index (χ4v) is 2.07. The third kappa shape index (κ3) is 3.48. The highest BCUT2D eigenvalue weighted by Crippen LogP contribution is 2.11. The highest BCUT2D eigenvalue weighted by atomic mass is 16.4. The van der Waals surface area contributed by atoms with Crippen molar-refractivity contribution in [2.24, 2.45) is 5.73 Å². The van der Waals surface area contributed by atoms with Gasteiger partial charge in [-0.1, -0.05) is 30.3 Å². The molecule has 106 valence electrons. The number of hydrogen-bond donors (Lipinski definition) is 1. The molecule has 20 heavy (non-hydrogen) atoms. The molecule has 4 nitrogen and oxygen atoms in total. The van der Waals surface area contributed by atoms with Crippen molar-refractivity contribution in [2.75, 3.05) is 13.1 Å². The van der Waals surface area contributed by atoms with Crippen LogP contribution in [0.1, 0.15) is 28.8 Å². The molecule has 0 radical (unpaired) electrons. The molecule has 0 aliphatic rings. The average Bonchev–Trinajstić information content (AvgIpc) is 2.97. The van der Waals surface area contributed by atoms with Crippen LogP contribution in [0.3, 0.4) is 0 Å². The molecule has 4 heteroatoms. The molecule has 0 fully saturated rings. The first-order chi connectivity index (χ1) is 9.74. The fraction of sp³-hybridized carbons (Fsp3) is 0.312. The Morgan fingerprint density at radius 1 is 1.20 bits per heavy atom. The summed E-state index contributed by atoms with van der Waals surface area (Å²) in [5.41, 5.74) is 6.71. The molecule has 2 N–H and O–H groups in total. The van der Waals surface area contributed by atoms with Gasteiger partial charge in [-0.25, -0.2) is 0 Å². The lowest BCUT2D eigenvalue weighted by atomic mass is 10.1. The first-order valence-electron chi connectivity index (χ1n) is 6.86. The molecule has 0 aliphatic carbocycles. The van der Waals surface area contributed by atoms with Gasteiger partial charge in [-0.05, 0) is 31.0 Å². The van der Waals surface area contributed by atoms with Crippen molar-refractivity contribution < 1.29 is 9.21 Å². The number of carbonyl (C=O) groups excluding carboxylic acids is 1. The predicted molar refractivity (Wildman–Crippen MR) is 78.3 cm³/mol. The number of nitrogens with two attached hydrogens (primary N) is 1. The first-order valence-corrected chi connectivity index (χ1v) is 6.86. The van der Waals surface area contributed by atoms with E-state index in [9.17, 15) is 4.79 Å². The van der Waals surface area contributed by atoms with Gasteiger partial charge in [0.05, 0.1) is 6.54 Å². The van der Waals surface area contributed by atoms with Gasteiger partial charge in [-0.2, -0.15) is 0 Å². The molecular formula is C16H20N2O2. The van der Waals surface area contributed by atoms with Crippen molar-refractivity contribution in [1.29, 1.82) is 0 Å². The van der Waals surface area contributed by atoms with E-state index in [2.05, 4.69) is 12.1 Å². The number of hydrogen-bond acceptors (Lipinski definition) is 3. The molecule has 0 saturated carbocycles. The second-order valence-electron chi connectivity index (χ2n) is 4.59. The molecule has 1 aromatic heterocycles. The standard InChI is InChI=1S/C16H20N2O2/c1-2-18(11-10-13-6-4-3-5-7-13)16(19)15-9-8-14(12-17)20-15/h3-9H,2,10-12,17H2,1H3. The van der Waals surface area contributed by atoms with Crippen LogP contribution in [-0.2, 0) is 13.0 Å². The summed E-state index contributed by atoms with van der Waals surface area (Å²) in [6.07, 6.45) is 0.838. The zero-order valence-corrected chi connectivity index (χ0v) is 11.7. The quantitative estimate of drug-likeness (QED) is 0.878. The van der Waals surface area contributed by atoms with Crippen molar-refractivity contribution in [3.05, 3.63) is 59.5 Å². The molecular weight excluding hydrogens is 252 g/mol. The molecule has 2 rings (SSSR count). The molecule has 1 aromatic carbocycles. The van der Waals surface area contributed by atoms with Crippen LogP contribution >= 0.6 is 0 Å². The second kappa shape index (κ2) is 6.91. The first kappa shape index (κ1) is 14.3. The summed E-state index contributed by atoms with van der Waals surface area (Å²) >= 11 is 0. The van der Waals surface area contributed by atoms with Crippen LogP contribution in [0.5, 0.6) is 0 Å². The largest absolute Gasteiger partial charge is 0.455 e. The van der Waals surface area contributed by atoms with Crippen LogP contribution in [0.15, 0.2) is 46.9 Å². The smallest absolute Gasteiger partial charge is 0.289 e. The fourth-order valence-electron chi connectivity index (χ4n) is 2.07. The normalized spacial score (nSPS) is 10.5. The number of likely N-dealkylation sites (N-methyl/N-ethyl adjacent to an activating group) is 1. The van der Waals surface area contributed by atoms with Crippen LogP contribution in [-0.4, -0.2) is 23.9 Å². The van der Waals surface area contributed by atoms with Gasteiger partial charge in [0.25, 0.3) is 5.91 Å². The molecule has 1 amide bonds. The molecule has 2 aromatic rings. The zero-order chi connectivity index (χ0) is 14.4. The van der Waals surface area contributed by atoms with Crippen molar-refractivity contribution in [2.45, 2.75) is 19.9 Å². The van der Waals surface area contributed by atoms with Gasteiger partial charge in [-0.15, -0.1) is 0 Å². The molecule has 0 atom stereocenters. The van der Waals surface area contributed by atoms with Gasteiger partial charge in [0, 0.05) is 13.1 Å². The number of carbonyl (C=O) groups is 1. The van der Waals surface area contributed by atoms with Crippen LogP contribution in [0, 0.1) is 0 Å². The van der Waals surface area contributed by atoms with E-state index in [-0.39, 0.29) is 5.91 Å². The second-order valence-corrected chi connectivity index (χ2v) is 4.59. The Morgan fingerprint density at radius 2 is 1.95 bits per heavy atom. The topological polar surface area (TPSA) is 59.5 Å². The van der Waals surface area contributed by atoms with Crippen molar-refractivity contribution in [1.82, 2.24) is 4.90 Å². The summed E-state index contributed by atoms with van der Waals surface area (Å²) < 4.78 is 5.41. The number of furan rings is 1. The van der Waals surface area contributed by atoms with E-state index in [1.807, 2.05) is 25.1 Å². The van der Waals surface area contributed by atoms with Crippen LogP contribution in [0.25, 0.3) is 0 Å². The Bertz CT molecular complexity index is 549. The number of amides is 1. The minimum atomic E-state index is -0.0804. The van der Waals surface area contributed by atoms with E-state index in [0.29, 0.717) is 31.2 Å². The van der Waals surface area contributed by atoms with Gasteiger partial charge < -0.3 is 15.1 Å². The zero-order valence-electron chi connectivity index (χ0n) is 11.7. The third-order valence-corrected chi connectivity index (χ3v) is 3.26. The summed E-state index contributed by atoms with van der Waals surface area (Å²) in [6, 6.07) is 13.6. The molecule has 0 spiro atoms. The maximum Gasteiger partial charge on any atom is 0.289 e. The van der Waals surface area contributed by atoms with E-state index in [0.717, 1.165) is 6.42 Å². The Morgan fingerprint density at radius 3 is 2.55 bits per heavy atom. The maximum atomic E-state index is 12.3. The van der Waals surface area contributed by atoms with Crippen LogP contribution in [0.4, 0.5) is 0 Å². The number of rotatable bonds is 6. The minimum absolute atomic E-state index is 0.0804. The summed E-state index contributed by atoms with van der Waals surface area (Å²) in [7, 11) is 0. The summed E-state index contributed by atoms with van der Waals surface area (Å²) in [5.74, 6) is 0.913. The van der Waals surface area contributed by atoms with E-state index >= 15 is 0 Å². The van der Waals surface area contributed by atoms with Crippen LogP contribution < -0.4 is 5.73 Å². The molecule has 0 saturated heterocycles. The van der Waals surface area contributed by atoms with Crippen molar-refractivity contribution in [3.63, 3.8) is 0 Å². The van der Waals surface area contributed by atoms with E-state index in [1.54, 1.807) is 17.0 Å². The highest BCUT2D eigenvalue weighted by Gasteiger charge is 2.17. The van der Waals surface area contributed by atoms with E-state index in [1.165, 1.54) is 5.56 Å². The minimum Gasteiger partial charge on any atom is -0.455 e. The molecule has 0 bridgehead atoms. The van der Waals surface area contributed by atoms with Gasteiger partial charge >= 0.3 is 0 Å². The van der Waals surface area contributed by atoms with Gasteiger partial charge in [0.2, 0.25) is 0 Å². The van der Waals surface area contributed by atoms with E-state index in [4.69, 9.17) is 10.2 Å². The lowest BCUT2D eigenvalue weighted by Gasteiger charge is -2.19. The number of nitrogens with zero attached hydrogens (tertiary/aromatic N) is 1. The van der Waals surface area contributed by atoms with Gasteiger partial charge in [0.1, 0.15) is 5.76 Å². The lowest BCUT2D eigenvalue weighted by Crippen LogP contribution is -2.32. The van der Waals surface area contributed by atoms with Gasteiger partial charge in [0.15, 0.2) is 5.76 Å².